The van der Waals surface area contributed by atoms with E-state index in [1.807, 2.05) is 0 Å². The fourth-order valence-corrected chi connectivity index (χ4v) is 1.22. The highest BCUT2D eigenvalue weighted by atomic mass is 16.7. The molecule has 14 heavy (non-hydrogen) atoms. The standard InChI is InChI=1S/C9H10O5/c1-13-9(14-2)4-3-6(10)5-7(9)8(11)12/h3-5H,1-2H3,(H,11,12). The van der Waals surface area contributed by atoms with E-state index in [1.165, 1.54) is 26.4 Å². The molecule has 0 atom stereocenters. The SMILES string of the molecule is COC1(OC)C=CC(=O)C=C1C(=O)O. The molecule has 1 aliphatic rings. The van der Waals surface area contributed by atoms with Gasteiger partial charge >= 0.3 is 5.97 Å². The lowest BCUT2D eigenvalue weighted by atomic mass is 9.98. The van der Waals surface area contributed by atoms with E-state index < -0.39 is 17.5 Å². The molecule has 0 radical (unpaired) electrons. The Balaban J connectivity index is 3.18. The average molecular weight is 198 g/mol. The van der Waals surface area contributed by atoms with Crippen LogP contribution in [0.15, 0.2) is 23.8 Å². The van der Waals surface area contributed by atoms with Crippen LogP contribution in [0.25, 0.3) is 0 Å². The van der Waals surface area contributed by atoms with Crippen LogP contribution in [0, 0.1) is 0 Å². The molecule has 0 heterocycles. The molecule has 0 saturated heterocycles. The highest BCUT2D eigenvalue weighted by Gasteiger charge is 2.39. The maximum absolute atomic E-state index is 11.0. The average Bonchev–Trinajstić information content (AvgIpc) is 2.18. The molecule has 5 nitrogen and oxygen atoms in total. The van der Waals surface area contributed by atoms with Crippen molar-refractivity contribution >= 4 is 11.8 Å². The van der Waals surface area contributed by atoms with Crippen molar-refractivity contribution in [2.75, 3.05) is 14.2 Å². The number of ether oxygens (including phenoxy) is 2. The lowest BCUT2D eigenvalue weighted by Crippen LogP contribution is -2.39. The van der Waals surface area contributed by atoms with Crippen molar-refractivity contribution in [1.29, 1.82) is 0 Å². The van der Waals surface area contributed by atoms with Crippen molar-refractivity contribution in [3.8, 4) is 0 Å². The zero-order valence-corrected chi connectivity index (χ0v) is 7.81. The van der Waals surface area contributed by atoms with Crippen LogP contribution in [0.4, 0.5) is 0 Å². The van der Waals surface area contributed by atoms with Crippen LogP contribution in [0.2, 0.25) is 0 Å². The van der Waals surface area contributed by atoms with Gasteiger partial charge in [-0.3, -0.25) is 4.79 Å². The summed E-state index contributed by atoms with van der Waals surface area (Å²) in [7, 11) is 2.61. The van der Waals surface area contributed by atoms with Gasteiger partial charge in [0.15, 0.2) is 5.78 Å². The van der Waals surface area contributed by atoms with E-state index in [9.17, 15) is 9.59 Å². The van der Waals surface area contributed by atoms with E-state index in [1.54, 1.807) is 0 Å². The number of carboxylic acids is 1. The van der Waals surface area contributed by atoms with E-state index >= 15 is 0 Å². The van der Waals surface area contributed by atoms with Crippen LogP contribution in [-0.4, -0.2) is 36.9 Å². The van der Waals surface area contributed by atoms with Gasteiger partial charge in [-0.25, -0.2) is 4.79 Å². The molecule has 0 fully saturated rings. The van der Waals surface area contributed by atoms with E-state index in [2.05, 4.69) is 0 Å². The Morgan fingerprint density at radius 2 is 2.00 bits per heavy atom. The number of allylic oxidation sites excluding steroid dienone is 2. The number of carboxylic acid groups (broad SMARTS) is 1. The predicted molar refractivity (Wildman–Crippen MR) is 46.6 cm³/mol. The lowest BCUT2D eigenvalue weighted by molar-refractivity contribution is -0.161. The Morgan fingerprint density at radius 3 is 2.43 bits per heavy atom. The molecular formula is C9H10O5. The van der Waals surface area contributed by atoms with E-state index in [4.69, 9.17) is 14.6 Å². The quantitative estimate of drug-likeness (QED) is 0.652. The van der Waals surface area contributed by atoms with Gasteiger partial charge in [-0.1, -0.05) is 0 Å². The number of carbonyl (C=O) groups is 2. The maximum Gasteiger partial charge on any atom is 0.337 e. The van der Waals surface area contributed by atoms with Crippen LogP contribution in [0.3, 0.4) is 0 Å². The van der Waals surface area contributed by atoms with Crippen molar-refractivity contribution in [3.63, 3.8) is 0 Å². The molecule has 0 bridgehead atoms. The number of aliphatic carboxylic acids is 1. The van der Waals surface area contributed by atoms with Crippen LogP contribution < -0.4 is 0 Å². The molecule has 0 unspecified atom stereocenters. The summed E-state index contributed by atoms with van der Waals surface area (Å²) in [6.07, 6.45) is 3.47. The summed E-state index contributed by atoms with van der Waals surface area (Å²) in [5.41, 5.74) is -0.227. The predicted octanol–water partition coefficient (Wildman–Crippen LogP) is 0.125. The third-order valence-electron chi connectivity index (χ3n) is 1.97. The molecular weight excluding hydrogens is 188 g/mol. The second-order valence-electron chi connectivity index (χ2n) is 2.67. The van der Waals surface area contributed by atoms with Crippen LogP contribution in [-0.2, 0) is 19.1 Å². The summed E-state index contributed by atoms with van der Waals surface area (Å²) in [6.45, 7) is 0. The third-order valence-corrected chi connectivity index (χ3v) is 1.97. The normalized spacial score (nSPS) is 19.3. The Kier molecular flexibility index (Phi) is 2.83. The van der Waals surface area contributed by atoms with Crippen molar-refractivity contribution in [2.45, 2.75) is 5.79 Å². The summed E-state index contributed by atoms with van der Waals surface area (Å²) < 4.78 is 9.88. The molecule has 0 aromatic carbocycles. The van der Waals surface area contributed by atoms with E-state index in [-0.39, 0.29) is 5.57 Å². The van der Waals surface area contributed by atoms with Crippen molar-refractivity contribution in [1.82, 2.24) is 0 Å². The van der Waals surface area contributed by atoms with Crippen molar-refractivity contribution in [3.05, 3.63) is 23.8 Å². The Bertz CT molecular complexity index is 322. The zero-order chi connectivity index (χ0) is 10.8. The first-order valence-electron chi connectivity index (χ1n) is 3.84. The van der Waals surface area contributed by atoms with Gasteiger partial charge in [0.25, 0.3) is 0 Å². The van der Waals surface area contributed by atoms with Gasteiger partial charge in [0.2, 0.25) is 5.79 Å². The number of ketones is 1. The molecule has 0 saturated carbocycles. The van der Waals surface area contributed by atoms with Gasteiger partial charge in [0, 0.05) is 20.3 Å². The lowest BCUT2D eigenvalue weighted by Gasteiger charge is -2.29. The zero-order valence-electron chi connectivity index (χ0n) is 7.81. The molecule has 1 N–H and O–H groups in total. The summed E-state index contributed by atoms with van der Waals surface area (Å²) >= 11 is 0. The summed E-state index contributed by atoms with van der Waals surface area (Å²) in [6, 6.07) is 0. The number of rotatable bonds is 3. The Labute approximate surface area is 80.6 Å². The minimum atomic E-state index is -1.46. The molecule has 0 aromatic heterocycles. The summed E-state index contributed by atoms with van der Waals surface area (Å²) in [5.74, 6) is -3.10. The highest BCUT2D eigenvalue weighted by Crippen LogP contribution is 2.27. The number of hydrogen-bond acceptors (Lipinski definition) is 4. The fourth-order valence-electron chi connectivity index (χ4n) is 1.22. The molecule has 0 spiro atoms. The van der Waals surface area contributed by atoms with Crippen LogP contribution in [0.5, 0.6) is 0 Å². The monoisotopic (exact) mass is 198 g/mol. The summed E-state index contributed by atoms with van der Waals surface area (Å²) in [4.78, 5) is 21.8. The minimum Gasteiger partial charge on any atom is -0.478 e. The smallest absolute Gasteiger partial charge is 0.337 e. The largest absolute Gasteiger partial charge is 0.478 e. The molecule has 1 aliphatic carbocycles. The topological polar surface area (TPSA) is 72.8 Å². The molecule has 1 rings (SSSR count). The molecule has 0 aliphatic heterocycles. The van der Waals surface area contributed by atoms with Gasteiger partial charge in [-0.15, -0.1) is 0 Å². The first kappa shape index (κ1) is 10.6. The first-order valence-corrected chi connectivity index (χ1v) is 3.84. The third kappa shape index (κ3) is 1.59. The summed E-state index contributed by atoms with van der Waals surface area (Å²) in [5, 5.41) is 8.84. The number of hydrogen-bond donors (Lipinski definition) is 1. The maximum atomic E-state index is 11.0. The molecule has 76 valence electrons. The second kappa shape index (κ2) is 3.73. The Hall–Kier alpha value is -1.46. The highest BCUT2D eigenvalue weighted by molar-refractivity contribution is 6.07. The van der Waals surface area contributed by atoms with E-state index in [0.717, 1.165) is 6.08 Å². The van der Waals surface area contributed by atoms with Gasteiger partial charge in [0.1, 0.15) is 5.57 Å². The molecule has 0 amide bonds. The number of carbonyl (C=O) groups excluding carboxylic acids is 1. The Morgan fingerprint density at radius 1 is 1.43 bits per heavy atom. The van der Waals surface area contributed by atoms with Crippen molar-refractivity contribution < 1.29 is 24.2 Å². The van der Waals surface area contributed by atoms with Gasteiger partial charge in [0.05, 0.1) is 0 Å². The number of methoxy groups -OCH3 is 2. The first-order chi connectivity index (χ1) is 6.55. The second-order valence-corrected chi connectivity index (χ2v) is 2.67. The molecule has 0 aromatic rings. The molecule has 5 heteroatoms. The van der Waals surface area contributed by atoms with Crippen LogP contribution in [0.1, 0.15) is 0 Å². The fraction of sp³-hybridized carbons (Fsp3) is 0.333. The minimum absolute atomic E-state index is 0.227. The van der Waals surface area contributed by atoms with Crippen molar-refractivity contribution in [2.24, 2.45) is 0 Å². The van der Waals surface area contributed by atoms with Gasteiger partial charge in [-0.2, -0.15) is 0 Å². The van der Waals surface area contributed by atoms with E-state index in [0.29, 0.717) is 0 Å². The van der Waals surface area contributed by atoms with Gasteiger partial charge in [-0.05, 0) is 12.2 Å². The van der Waals surface area contributed by atoms with Crippen LogP contribution >= 0.6 is 0 Å². The van der Waals surface area contributed by atoms with Gasteiger partial charge < -0.3 is 14.6 Å².